The highest BCUT2D eigenvalue weighted by Gasteiger charge is 2.12. The van der Waals surface area contributed by atoms with Crippen LogP contribution in [-0.2, 0) is 0 Å². The van der Waals surface area contributed by atoms with Gasteiger partial charge in [-0.2, -0.15) is 0 Å². The summed E-state index contributed by atoms with van der Waals surface area (Å²) in [4.78, 5) is 0. The minimum atomic E-state index is 0.231. The van der Waals surface area contributed by atoms with Crippen LogP contribution in [0.4, 0.5) is 0 Å². The molecule has 0 radical (unpaired) electrons. The zero-order valence-electron chi connectivity index (χ0n) is 5.86. The van der Waals surface area contributed by atoms with Gasteiger partial charge in [0.25, 0.3) is 0 Å². The number of alkyl halides is 1. The van der Waals surface area contributed by atoms with Gasteiger partial charge in [-0.1, -0.05) is 20.8 Å². The van der Waals surface area contributed by atoms with Gasteiger partial charge in [-0.05, 0) is 6.92 Å². The van der Waals surface area contributed by atoms with Crippen molar-refractivity contribution in [1.29, 1.82) is 0 Å². The monoisotopic (exact) mass is 152 g/mol. The summed E-state index contributed by atoms with van der Waals surface area (Å²) in [6.45, 7) is 8.49. The Balaban J connectivity index is 3.39. The van der Waals surface area contributed by atoms with Crippen molar-refractivity contribution >= 4 is 23.4 Å². The third-order valence-electron chi connectivity index (χ3n) is 0.516. The van der Waals surface area contributed by atoms with Crippen molar-refractivity contribution in [3.63, 3.8) is 0 Å². The van der Waals surface area contributed by atoms with Crippen LogP contribution in [0.25, 0.3) is 0 Å². The molecule has 0 aliphatic rings. The lowest BCUT2D eigenvalue weighted by Gasteiger charge is -2.18. The lowest BCUT2D eigenvalue weighted by Crippen LogP contribution is -2.09. The summed E-state index contributed by atoms with van der Waals surface area (Å²) in [6, 6.07) is 0. The van der Waals surface area contributed by atoms with E-state index in [1.807, 2.05) is 6.92 Å². The highest BCUT2D eigenvalue weighted by Crippen LogP contribution is 2.29. The lowest BCUT2D eigenvalue weighted by molar-refractivity contribution is 0.801. The molecule has 0 spiro atoms. The summed E-state index contributed by atoms with van der Waals surface area (Å²) < 4.78 is 0.538. The Bertz CT molecular complexity index is 63.4. The van der Waals surface area contributed by atoms with E-state index >= 15 is 0 Å². The first-order valence-electron chi connectivity index (χ1n) is 2.74. The topological polar surface area (TPSA) is 0 Å². The lowest BCUT2D eigenvalue weighted by atomic mass is 10.3. The predicted octanol–water partition coefficient (Wildman–Crippen LogP) is 3.10. The molecule has 0 aliphatic carbocycles. The van der Waals surface area contributed by atoms with Crippen molar-refractivity contribution < 1.29 is 0 Å². The summed E-state index contributed by atoms with van der Waals surface area (Å²) in [5.41, 5.74) is 0. The Morgan fingerprint density at radius 2 is 1.75 bits per heavy atom. The first-order valence-corrected chi connectivity index (χ1v) is 4.05. The Kier molecular flexibility index (Phi) is 3.21. The van der Waals surface area contributed by atoms with Crippen molar-refractivity contribution in [2.75, 3.05) is 0 Å². The second-order valence-electron chi connectivity index (χ2n) is 2.77. The second kappa shape index (κ2) is 2.98. The summed E-state index contributed by atoms with van der Waals surface area (Å²) in [7, 11) is 0. The standard InChI is InChI=1S/C6H13ClS/c1-5(7)8-6(2,3)4/h5H,1-4H3. The fourth-order valence-electron chi connectivity index (χ4n) is 0.487. The minimum absolute atomic E-state index is 0.231. The normalized spacial score (nSPS) is 16.1. The number of thioether (sulfide) groups is 1. The average Bonchev–Trinajstić information content (AvgIpc) is 1.21. The zero-order valence-corrected chi connectivity index (χ0v) is 7.44. The second-order valence-corrected chi connectivity index (χ2v) is 5.85. The van der Waals surface area contributed by atoms with Gasteiger partial charge in [0.05, 0.1) is 4.71 Å². The fraction of sp³-hybridized carbons (Fsp3) is 1.00. The maximum atomic E-state index is 5.73. The van der Waals surface area contributed by atoms with Crippen LogP contribution in [-0.4, -0.2) is 9.46 Å². The Hall–Kier alpha value is 0.640. The number of hydrogen-bond acceptors (Lipinski definition) is 1. The van der Waals surface area contributed by atoms with E-state index in [0.29, 0.717) is 4.75 Å². The van der Waals surface area contributed by atoms with Crippen LogP contribution in [0.3, 0.4) is 0 Å². The molecule has 0 N–H and O–H groups in total. The molecule has 0 saturated heterocycles. The van der Waals surface area contributed by atoms with Crippen molar-refractivity contribution in [3.8, 4) is 0 Å². The van der Waals surface area contributed by atoms with Crippen molar-refractivity contribution in [3.05, 3.63) is 0 Å². The number of halogens is 1. The maximum absolute atomic E-state index is 5.73. The summed E-state index contributed by atoms with van der Waals surface area (Å²) in [5.74, 6) is 0. The number of hydrogen-bond donors (Lipinski definition) is 0. The maximum Gasteiger partial charge on any atom is 0.0766 e. The SMILES string of the molecule is CC(Cl)SC(C)(C)C. The third kappa shape index (κ3) is 6.64. The molecule has 0 bridgehead atoms. The van der Waals surface area contributed by atoms with E-state index in [-0.39, 0.29) is 4.71 Å². The number of rotatable bonds is 1. The van der Waals surface area contributed by atoms with Crippen LogP contribution in [0.2, 0.25) is 0 Å². The van der Waals surface area contributed by atoms with Crippen LogP contribution in [0.1, 0.15) is 27.7 Å². The van der Waals surface area contributed by atoms with E-state index in [0.717, 1.165) is 0 Å². The van der Waals surface area contributed by atoms with Crippen LogP contribution < -0.4 is 0 Å². The van der Waals surface area contributed by atoms with E-state index < -0.39 is 0 Å². The molecule has 0 fully saturated rings. The molecule has 0 aromatic rings. The van der Waals surface area contributed by atoms with Crippen LogP contribution >= 0.6 is 23.4 Å². The van der Waals surface area contributed by atoms with Gasteiger partial charge in [0, 0.05) is 4.75 Å². The van der Waals surface area contributed by atoms with E-state index in [9.17, 15) is 0 Å². The molecule has 2 heteroatoms. The fourth-order valence-corrected chi connectivity index (χ4v) is 2.26. The van der Waals surface area contributed by atoms with Crippen molar-refractivity contribution in [2.45, 2.75) is 37.2 Å². The summed E-state index contributed by atoms with van der Waals surface area (Å²) >= 11 is 7.50. The molecule has 0 aromatic heterocycles. The van der Waals surface area contributed by atoms with Crippen LogP contribution in [0.15, 0.2) is 0 Å². The van der Waals surface area contributed by atoms with Gasteiger partial charge in [0.2, 0.25) is 0 Å². The Morgan fingerprint density at radius 3 is 1.75 bits per heavy atom. The van der Waals surface area contributed by atoms with E-state index in [1.54, 1.807) is 11.8 Å². The van der Waals surface area contributed by atoms with Gasteiger partial charge >= 0.3 is 0 Å². The van der Waals surface area contributed by atoms with E-state index in [2.05, 4.69) is 20.8 Å². The Labute approximate surface area is 61.0 Å². The molecular weight excluding hydrogens is 140 g/mol. The quantitative estimate of drug-likeness (QED) is 0.521. The highest BCUT2D eigenvalue weighted by atomic mass is 35.5. The molecule has 0 heterocycles. The molecule has 1 unspecified atom stereocenters. The molecule has 0 rings (SSSR count). The molecule has 0 nitrogen and oxygen atoms in total. The zero-order chi connectivity index (χ0) is 6.78. The molecule has 0 amide bonds. The average molecular weight is 153 g/mol. The Morgan fingerprint density at radius 1 is 1.38 bits per heavy atom. The predicted molar refractivity (Wildman–Crippen MR) is 42.7 cm³/mol. The first-order chi connectivity index (χ1) is 3.42. The largest absolute Gasteiger partial charge is 0.137 e. The molecule has 50 valence electrons. The van der Waals surface area contributed by atoms with Gasteiger partial charge < -0.3 is 0 Å². The molecule has 0 saturated carbocycles. The molecular formula is C6H13ClS. The molecule has 8 heavy (non-hydrogen) atoms. The van der Waals surface area contributed by atoms with Gasteiger partial charge in [-0.25, -0.2) is 0 Å². The van der Waals surface area contributed by atoms with Gasteiger partial charge in [0.15, 0.2) is 0 Å². The smallest absolute Gasteiger partial charge is 0.0766 e. The summed E-state index contributed by atoms with van der Waals surface area (Å²) in [5, 5.41) is 0. The molecule has 0 aromatic carbocycles. The third-order valence-corrected chi connectivity index (χ3v) is 1.82. The van der Waals surface area contributed by atoms with Gasteiger partial charge in [0.1, 0.15) is 0 Å². The van der Waals surface area contributed by atoms with Crippen molar-refractivity contribution in [2.24, 2.45) is 0 Å². The molecule has 1 atom stereocenters. The molecule has 0 aliphatic heterocycles. The van der Waals surface area contributed by atoms with E-state index in [1.165, 1.54) is 0 Å². The summed E-state index contributed by atoms with van der Waals surface area (Å²) in [6.07, 6.45) is 0. The minimum Gasteiger partial charge on any atom is -0.137 e. The van der Waals surface area contributed by atoms with Crippen LogP contribution in [0, 0.1) is 0 Å². The van der Waals surface area contributed by atoms with Crippen LogP contribution in [0.5, 0.6) is 0 Å². The van der Waals surface area contributed by atoms with E-state index in [4.69, 9.17) is 11.6 Å². The van der Waals surface area contributed by atoms with Gasteiger partial charge in [-0.15, -0.1) is 23.4 Å². The first kappa shape index (κ1) is 8.64. The highest BCUT2D eigenvalue weighted by molar-refractivity contribution is 8.02. The van der Waals surface area contributed by atoms with Gasteiger partial charge in [-0.3, -0.25) is 0 Å². The van der Waals surface area contributed by atoms with Crippen molar-refractivity contribution in [1.82, 2.24) is 0 Å².